The van der Waals surface area contributed by atoms with E-state index in [9.17, 15) is 18.8 Å². The monoisotopic (exact) mass is 674 g/mol. The maximum atomic E-state index is 13.7. The van der Waals surface area contributed by atoms with Crippen molar-refractivity contribution in [3.63, 3.8) is 0 Å². The van der Waals surface area contributed by atoms with Crippen molar-refractivity contribution in [1.82, 2.24) is 10.3 Å². The summed E-state index contributed by atoms with van der Waals surface area (Å²) in [6.07, 6.45) is 2.92. The Bertz CT molecular complexity index is 2050. The third-order valence-corrected chi connectivity index (χ3v) is 8.92. The molecule has 2 heterocycles. The molecule has 48 heavy (non-hydrogen) atoms. The van der Waals surface area contributed by atoms with Crippen LogP contribution >= 0.6 is 23.1 Å². The van der Waals surface area contributed by atoms with E-state index in [1.54, 1.807) is 78.2 Å². The van der Waals surface area contributed by atoms with E-state index in [1.165, 1.54) is 47.6 Å². The van der Waals surface area contributed by atoms with Gasteiger partial charge in [0.2, 0.25) is 5.91 Å². The van der Waals surface area contributed by atoms with Crippen molar-refractivity contribution < 1.29 is 23.2 Å². The predicted octanol–water partition coefficient (Wildman–Crippen LogP) is 8.42. The maximum absolute atomic E-state index is 13.7. The zero-order valence-electron chi connectivity index (χ0n) is 25.1. The molecule has 3 N–H and O–H groups in total. The molecule has 1 unspecified atom stereocenters. The van der Waals surface area contributed by atoms with Crippen LogP contribution < -0.4 is 16.0 Å². The Kier molecular flexibility index (Phi) is 10.2. The largest absolute Gasteiger partial charge is 0.465 e. The van der Waals surface area contributed by atoms with Gasteiger partial charge in [0.15, 0.2) is 5.13 Å². The SMILES string of the molecule is O=C(Nc1cccc(SC(C(=O)Nc2nc(-c3ccc(F)cc3)cs2)c2ccccc2)c1)/C(=C/c1ccco1)NC(=O)c1ccccc1. The first-order valence-electron chi connectivity index (χ1n) is 14.7. The lowest BCUT2D eigenvalue weighted by molar-refractivity contribution is -0.116. The second-order valence-electron chi connectivity index (χ2n) is 10.3. The van der Waals surface area contributed by atoms with Crippen LogP contribution in [-0.4, -0.2) is 22.7 Å². The minimum atomic E-state index is -0.658. The number of carbonyl (C=O) groups excluding carboxylic acids is 3. The molecule has 4 aromatic carbocycles. The van der Waals surface area contributed by atoms with Crippen LogP contribution in [0.5, 0.6) is 0 Å². The number of carbonyl (C=O) groups is 3. The number of amides is 3. The number of nitrogens with one attached hydrogen (secondary N) is 3. The Labute approximate surface area is 283 Å². The van der Waals surface area contributed by atoms with Gasteiger partial charge in [0.25, 0.3) is 11.8 Å². The van der Waals surface area contributed by atoms with Crippen LogP contribution in [0.4, 0.5) is 15.2 Å². The number of thioether (sulfide) groups is 1. The Morgan fingerprint density at radius 1 is 0.833 bits per heavy atom. The predicted molar refractivity (Wildman–Crippen MR) is 187 cm³/mol. The molecule has 8 nitrogen and oxygen atoms in total. The number of anilines is 2. The number of halogens is 1. The maximum Gasteiger partial charge on any atom is 0.272 e. The number of hydrogen-bond acceptors (Lipinski definition) is 7. The molecule has 6 aromatic rings. The van der Waals surface area contributed by atoms with Crippen molar-refractivity contribution in [2.45, 2.75) is 10.1 Å². The molecular formula is C37H27FN4O4S2. The molecule has 238 valence electrons. The second kappa shape index (κ2) is 15.2. The van der Waals surface area contributed by atoms with Crippen molar-refractivity contribution >= 4 is 57.7 Å². The van der Waals surface area contributed by atoms with Gasteiger partial charge in [-0.3, -0.25) is 14.4 Å². The van der Waals surface area contributed by atoms with Gasteiger partial charge in [-0.1, -0.05) is 54.6 Å². The number of nitrogens with zero attached hydrogens (tertiary/aromatic N) is 1. The van der Waals surface area contributed by atoms with Gasteiger partial charge in [-0.05, 0) is 72.3 Å². The molecule has 0 aliphatic heterocycles. The molecule has 6 rings (SSSR count). The smallest absolute Gasteiger partial charge is 0.272 e. The number of aromatic nitrogens is 1. The fourth-order valence-electron chi connectivity index (χ4n) is 4.60. The van der Waals surface area contributed by atoms with Crippen LogP contribution in [0.15, 0.2) is 148 Å². The zero-order valence-corrected chi connectivity index (χ0v) is 26.8. The Balaban J connectivity index is 1.19. The average molecular weight is 675 g/mol. The van der Waals surface area contributed by atoms with Crippen LogP contribution in [0.25, 0.3) is 17.3 Å². The molecule has 0 spiro atoms. The van der Waals surface area contributed by atoms with E-state index >= 15 is 0 Å². The molecule has 0 radical (unpaired) electrons. The van der Waals surface area contributed by atoms with Gasteiger partial charge < -0.3 is 20.4 Å². The number of benzene rings is 4. The van der Waals surface area contributed by atoms with E-state index in [0.717, 1.165) is 11.1 Å². The number of hydrogen-bond donors (Lipinski definition) is 3. The van der Waals surface area contributed by atoms with Crippen molar-refractivity contribution in [3.8, 4) is 11.3 Å². The fourth-order valence-corrected chi connectivity index (χ4v) is 6.40. The summed E-state index contributed by atoms with van der Waals surface area (Å²) in [5.74, 6) is -1.24. The van der Waals surface area contributed by atoms with Crippen molar-refractivity contribution in [2.75, 3.05) is 10.6 Å². The lowest BCUT2D eigenvalue weighted by Crippen LogP contribution is -2.30. The summed E-state index contributed by atoms with van der Waals surface area (Å²) in [4.78, 5) is 45.3. The Morgan fingerprint density at radius 2 is 1.58 bits per heavy atom. The van der Waals surface area contributed by atoms with Crippen molar-refractivity contribution in [3.05, 3.63) is 161 Å². The third kappa shape index (κ3) is 8.32. The molecule has 11 heteroatoms. The third-order valence-electron chi connectivity index (χ3n) is 6.92. The normalized spacial score (nSPS) is 11.8. The van der Waals surface area contributed by atoms with Gasteiger partial charge in [-0.15, -0.1) is 23.1 Å². The molecule has 0 saturated heterocycles. The number of furan rings is 1. The Hall–Kier alpha value is -5.78. The minimum absolute atomic E-state index is 0.0122. The topological polar surface area (TPSA) is 113 Å². The molecule has 0 saturated carbocycles. The average Bonchev–Trinajstić information content (AvgIpc) is 3.81. The standard InChI is InChI=1S/C37H27FN4O4S2/c38-27-18-16-24(17-19-27)32-23-47-37(41-32)42-36(45)33(25-9-3-1-4-10-25)48-30-15-7-13-28(21-30)39-35(44)31(22-29-14-8-20-46-29)40-34(43)26-11-5-2-6-12-26/h1-23,33H,(H,39,44)(H,40,43)(H,41,42,45)/b31-22-. The first-order valence-corrected chi connectivity index (χ1v) is 16.4. The van der Waals surface area contributed by atoms with Crippen molar-refractivity contribution in [1.29, 1.82) is 0 Å². The summed E-state index contributed by atoms with van der Waals surface area (Å²) < 4.78 is 18.8. The summed E-state index contributed by atoms with van der Waals surface area (Å²) in [7, 11) is 0. The van der Waals surface area contributed by atoms with Crippen molar-refractivity contribution in [2.24, 2.45) is 0 Å². The minimum Gasteiger partial charge on any atom is -0.465 e. The van der Waals surface area contributed by atoms with Crippen LogP contribution in [-0.2, 0) is 9.59 Å². The molecule has 2 aromatic heterocycles. The molecule has 3 amide bonds. The van der Waals surface area contributed by atoms with Gasteiger partial charge in [0.1, 0.15) is 22.5 Å². The van der Waals surface area contributed by atoms with Crippen LogP contribution in [0.2, 0.25) is 0 Å². The highest BCUT2D eigenvalue weighted by Gasteiger charge is 2.24. The first kappa shape index (κ1) is 32.2. The summed E-state index contributed by atoms with van der Waals surface area (Å²) in [6.45, 7) is 0. The van der Waals surface area contributed by atoms with E-state index < -0.39 is 17.1 Å². The molecule has 0 aliphatic rings. The Morgan fingerprint density at radius 3 is 2.31 bits per heavy atom. The van der Waals surface area contributed by atoms with E-state index in [2.05, 4.69) is 20.9 Å². The van der Waals surface area contributed by atoms with Gasteiger partial charge in [-0.2, -0.15) is 0 Å². The van der Waals surface area contributed by atoms with E-state index in [4.69, 9.17) is 4.42 Å². The highest BCUT2D eigenvalue weighted by molar-refractivity contribution is 8.00. The zero-order chi connectivity index (χ0) is 33.3. The van der Waals surface area contributed by atoms with Gasteiger partial charge in [0.05, 0.1) is 12.0 Å². The van der Waals surface area contributed by atoms with E-state index in [0.29, 0.717) is 32.7 Å². The number of thiazole rings is 1. The fraction of sp³-hybridized carbons (Fsp3) is 0.0270. The highest BCUT2D eigenvalue weighted by atomic mass is 32.2. The first-order chi connectivity index (χ1) is 23.4. The van der Waals surface area contributed by atoms with Crippen LogP contribution in [0, 0.1) is 5.82 Å². The van der Waals surface area contributed by atoms with E-state index in [-0.39, 0.29) is 17.4 Å². The van der Waals surface area contributed by atoms with E-state index in [1.807, 2.05) is 36.4 Å². The summed E-state index contributed by atoms with van der Waals surface area (Å²) >= 11 is 2.58. The summed E-state index contributed by atoms with van der Waals surface area (Å²) in [6, 6.07) is 34.3. The summed E-state index contributed by atoms with van der Waals surface area (Å²) in [5, 5.41) is 10.0. The molecular weight excluding hydrogens is 648 g/mol. The molecule has 0 bridgehead atoms. The van der Waals surface area contributed by atoms with Crippen LogP contribution in [0.1, 0.15) is 26.9 Å². The van der Waals surface area contributed by atoms with Gasteiger partial charge >= 0.3 is 0 Å². The van der Waals surface area contributed by atoms with Crippen LogP contribution in [0.3, 0.4) is 0 Å². The number of rotatable bonds is 11. The van der Waals surface area contributed by atoms with Gasteiger partial charge in [-0.25, -0.2) is 9.37 Å². The quantitative estimate of drug-likeness (QED) is 0.0940. The summed E-state index contributed by atoms with van der Waals surface area (Å²) in [5.41, 5.74) is 2.98. The molecule has 0 aliphatic carbocycles. The second-order valence-corrected chi connectivity index (χ2v) is 12.4. The molecule has 0 fully saturated rings. The highest BCUT2D eigenvalue weighted by Crippen LogP contribution is 2.38. The van der Waals surface area contributed by atoms with Gasteiger partial charge in [0, 0.05) is 33.2 Å². The lowest BCUT2D eigenvalue weighted by atomic mass is 10.1. The molecule has 1 atom stereocenters. The lowest BCUT2D eigenvalue weighted by Gasteiger charge is -2.17.